The molecule has 0 unspecified atom stereocenters. The molecule has 0 aliphatic carbocycles. The predicted octanol–water partition coefficient (Wildman–Crippen LogP) is 6.13. The Morgan fingerprint density at radius 1 is 0.939 bits per heavy atom. The Morgan fingerprint density at radius 3 is 2.42 bits per heavy atom. The van der Waals surface area contributed by atoms with Gasteiger partial charge in [-0.25, -0.2) is 4.98 Å². The molecule has 1 N–H and O–H groups in total. The maximum atomic E-state index is 5.86. The molecule has 1 aliphatic heterocycles. The van der Waals surface area contributed by atoms with Gasteiger partial charge >= 0.3 is 0 Å². The van der Waals surface area contributed by atoms with Crippen molar-refractivity contribution in [2.24, 2.45) is 0 Å². The van der Waals surface area contributed by atoms with E-state index < -0.39 is 0 Å². The number of nitrogens with one attached hydrogen (secondary N) is 1. The average molecular weight is 518 g/mol. The number of halogens is 1. The molecule has 0 amide bonds. The second-order valence-corrected chi connectivity index (χ2v) is 9.63. The lowest BCUT2D eigenvalue weighted by Crippen LogP contribution is -2.29. The van der Waals surface area contributed by atoms with Crippen molar-refractivity contribution in [3.63, 3.8) is 0 Å². The Balaban J connectivity index is 1.68. The number of pyridine rings is 2. The summed E-state index contributed by atoms with van der Waals surface area (Å²) in [6.45, 7) is 6.37. The van der Waals surface area contributed by atoms with E-state index in [0.29, 0.717) is 5.11 Å². The summed E-state index contributed by atoms with van der Waals surface area (Å²) in [4.78, 5) is 11.5. The summed E-state index contributed by atoms with van der Waals surface area (Å²) in [7, 11) is 0. The van der Waals surface area contributed by atoms with Crippen molar-refractivity contribution in [1.82, 2.24) is 19.9 Å². The molecule has 0 bridgehead atoms. The van der Waals surface area contributed by atoms with E-state index in [1.165, 1.54) is 11.1 Å². The third kappa shape index (κ3) is 3.96. The molecule has 1 fully saturated rings. The molecule has 4 aromatic rings. The van der Waals surface area contributed by atoms with Gasteiger partial charge in [-0.1, -0.05) is 22.0 Å². The molecule has 0 radical (unpaired) electrons. The SMILES string of the molecule is Cc1ccnc(-n2c(C)cc([C@@H]3[C@@H](c4ccccn4)NC(=S)N3c3ccc(Br)cc3)c2C)c1. The van der Waals surface area contributed by atoms with E-state index in [0.717, 1.165) is 33.1 Å². The molecule has 166 valence electrons. The maximum Gasteiger partial charge on any atom is 0.174 e. The van der Waals surface area contributed by atoms with Crippen LogP contribution < -0.4 is 10.2 Å². The Bertz CT molecular complexity index is 1320. The van der Waals surface area contributed by atoms with Gasteiger partial charge in [0.15, 0.2) is 5.11 Å². The fourth-order valence-corrected chi connectivity index (χ4v) is 5.24. The lowest BCUT2D eigenvalue weighted by atomic mass is 9.96. The lowest BCUT2D eigenvalue weighted by Gasteiger charge is -2.28. The van der Waals surface area contributed by atoms with Gasteiger partial charge in [-0.2, -0.15) is 0 Å². The number of rotatable bonds is 4. The summed E-state index contributed by atoms with van der Waals surface area (Å²) < 4.78 is 3.25. The summed E-state index contributed by atoms with van der Waals surface area (Å²) >= 11 is 9.41. The van der Waals surface area contributed by atoms with Gasteiger partial charge in [-0.3, -0.25) is 4.98 Å². The molecular formula is C26H24BrN5S. The zero-order valence-corrected chi connectivity index (χ0v) is 21.1. The zero-order valence-electron chi connectivity index (χ0n) is 18.7. The monoisotopic (exact) mass is 517 g/mol. The van der Waals surface area contributed by atoms with Crippen LogP contribution in [0.2, 0.25) is 0 Å². The van der Waals surface area contributed by atoms with Crippen LogP contribution >= 0.6 is 28.1 Å². The van der Waals surface area contributed by atoms with Crippen LogP contribution in [0, 0.1) is 20.8 Å². The Hall–Kier alpha value is -3.03. The Labute approximate surface area is 207 Å². The first-order valence-corrected chi connectivity index (χ1v) is 12.0. The molecule has 1 saturated heterocycles. The van der Waals surface area contributed by atoms with E-state index in [1.54, 1.807) is 0 Å². The van der Waals surface area contributed by atoms with Crippen LogP contribution in [0.4, 0.5) is 5.69 Å². The van der Waals surface area contributed by atoms with Gasteiger partial charge in [0.25, 0.3) is 0 Å². The van der Waals surface area contributed by atoms with Gasteiger partial charge in [0.05, 0.1) is 17.8 Å². The number of nitrogens with zero attached hydrogens (tertiary/aromatic N) is 4. The highest BCUT2D eigenvalue weighted by atomic mass is 79.9. The van der Waals surface area contributed by atoms with E-state index in [-0.39, 0.29) is 12.1 Å². The van der Waals surface area contributed by atoms with Gasteiger partial charge in [-0.15, -0.1) is 0 Å². The van der Waals surface area contributed by atoms with Gasteiger partial charge in [0.2, 0.25) is 0 Å². The quantitative estimate of drug-likeness (QED) is 0.329. The number of anilines is 1. The summed E-state index contributed by atoms with van der Waals surface area (Å²) in [5.74, 6) is 0.925. The van der Waals surface area contributed by atoms with Crippen molar-refractivity contribution in [3.05, 3.63) is 106 Å². The Kier molecular flexibility index (Phi) is 5.76. The van der Waals surface area contributed by atoms with Gasteiger partial charge < -0.3 is 14.8 Å². The van der Waals surface area contributed by atoms with Crippen LogP contribution in [0.15, 0.2) is 77.5 Å². The fourth-order valence-electron chi connectivity index (χ4n) is 4.63. The first-order chi connectivity index (χ1) is 15.9. The number of aryl methyl sites for hydroxylation is 2. The number of benzene rings is 1. The molecule has 4 heterocycles. The van der Waals surface area contributed by atoms with Crippen LogP contribution in [-0.4, -0.2) is 19.6 Å². The molecule has 1 aliphatic rings. The van der Waals surface area contributed by atoms with Crippen LogP contribution in [0.3, 0.4) is 0 Å². The summed E-state index contributed by atoms with van der Waals surface area (Å²) in [5.41, 5.74) is 6.65. The maximum absolute atomic E-state index is 5.86. The molecule has 7 heteroatoms. The first-order valence-electron chi connectivity index (χ1n) is 10.8. The van der Waals surface area contributed by atoms with E-state index in [2.05, 4.69) is 91.8 Å². The van der Waals surface area contributed by atoms with E-state index in [4.69, 9.17) is 12.2 Å². The standard InChI is InChI=1S/C26H24BrN5S/c1-16-11-13-29-23(14-16)31-17(2)15-21(18(31)3)25-24(22-6-4-5-12-28-22)30-26(33)32(25)20-9-7-19(27)8-10-20/h4-15,24-25H,1-3H3,(H,30,33)/t24-,25-/m1/s1. The van der Waals surface area contributed by atoms with Crippen LogP contribution in [0.1, 0.15) is 40.3 Å². The molecule has 33 heavy (non-hydrogen) atoms. The molecule has 5 nitrogen and oxygen atoms in total. The molecule has 0 spiro atoms. The first kappa shape index (κ1) is 21.8. The minimum atomic E-state index is -0.0817. The van der Waals surface area contributed by atoms with Crippen LogP contribution in [-0.2, 0) is 0 Å². The van der Waals surface area contributed by atoms with E-state index >= 15 is 0 Å². The second kappa shape index (κ2) is 8.72. The minimum absolute atomic E-state index is 0.0571. The highest BCUT2D eigenvalue weighted by Gasteiger charge is 2.42. The van der Waals surface area contributed by atoms with Gasteiger partial charge in [-0.05, 0) is 98.7 Å². The third-order valence-electron chi connectivity index (χ3n) is 6.12. The molecule has 3 aromatic heterocycles. The molecule has 5 rings (SSSR count). The van der Waals surface area contributed by atoms with Crippen molar-refractivity contribution in [2.75, 3.05) is 4.90 Å². The van der Waals surface area contributed by atoms with Gasteiger partial charge in [0, 0.05) is 33.9 Å². The second-order valence-electron chi connectivity index (χ2n) is 8.33. The molecule has 0 saturated carbocycles. The topological polar surface area (TPSA) is 46.0 Å². The average Bonchev–Trinajstić information content (AvgIpc) is 3.30. The third-order valence-corrected chi connectivity index (χ3v) is 6.97. The highest BCUT2D eigenvalue weighted by molar-refractivity contribution is 9.10. The Morgan fingerprint density at radius 2 is 1.73 bits per heavy atom. The zero-order chi connectivity index (χ0) is 23.1. The minimum Gasteiger partial charge on any atom is -0.351 e. The van der Waals surface area contributed by atoms with E-state index in [1.807, 2.05) is 42.7 Å². The van der Waals surface area contributed by atoms with Crippen molar-refractivity contribution >= 4 is 38.9 Å². The van der Waals surface area contributed by atoms with E-state index in [9.17, 15) is 0 Å². The smallest absolute Gasteiger partial charge is 0.174 e. The highest BCUT2D eigenvalue weighted by Crippen LogP contribution is 2.43. The van der Waals surface area contributed by atoms with Crippen molar-refractivity contribution in [2.45, 2.75) is 32.9 Å². The van der Waals surface area contributed by atoms with Crippen molar-refractivity contribution < 1.29 is 0 Å². The van der Waals surface area contributed by atoms with Crippen LogP contribution in [0.5, 0.6) is 0 Å². The number of aromatic nitrogens is 3. The molecule has 1 aromatic carbocycles. The predicted molar refractivity (Wildman–Crippen MR) is 140 cm³/mol. The summed E-state index contributed by atoms with van der Waals surface area (Å²) in [6, 6.07) is 20.5. The fraction of sp³-hybridized carbons (Fsp3) is 0.192. The van der Waals surface area contributed by atoms with Crippen molar-refractivity contribution in [1.29, 1.82) is 0 Å². The number of hydrogen-bond donors (Lipinski definition) is 1. The summed E-state index contributed by atoms with van der Waals surface area (Å²) in [6.07, 6.45) is 3.69. The van der Waals surface area contributed by atoms with Crippen LogP contribution in [0.25, 0.3) is 5.82 Å². The largest absolute Gasteiger partial charge is 0.351 e. The number of hydrogen-bond acceptors (Lipinski definition) is 3. The normalized spacial score (nSPS) is 17.9. The number of thiocarbonyl (C=S) groups is 1. The van der Waals surface area contributed by atoms with Crippen molar-refractivity contribution in [3.8, 4) is 5.82 Å². The summed E-state index contributed by atoms with van der Waals surface area (Å²) in [5, 5.41) is 4.24. The van der Waals surface area contributed by atoms with Gasteiger partial charge in [0.1, 0.15) is 5.82 Å². The lowest BCUT2D eigenvalue weighted by molar-refractivity contribution is 0.565. The molecule has 2 atom stereocenters. The molecular weight excluding hydrogens is 494 g/mol.